The number of fused-ring (bicyclic) bond motifs is 1. The highest BCUT2D eigenvalue weighted by Crippen LogP contribution is 2.25. The number of hydrogen-bond acceptors (Lipinski definition) is 5. The minimum Gasteiger partial charge on any atom is -0.376 e. The Kier molecular flexibility index (Phi) is 5.12. The highest BCUT2D eigenvalue weighted by molar-refractivity contribution is 8.00. The Labute approximate surface area is 148 Å². The third-order valence-electron chi connectivity index (χ3n) is 3.98. The van der Waals surface area contributed by atoms with E-state index in [1.165, 1.54) is 11.8 Å². The molecule has 1 aliphatic rings. The predicted octanol–water partition coefficient (Wildman–Crippen LogP) is 2.19. The number of halogens is 1. The molecule has 6 nitrogen and oxygen atoms in total. The van der Waals surface area contributed by atoms with E-state index in [4.69, 9.17) is 22.1 Å². The molecular weight excluding hydrogens is 350 g/mol. The number of primary amides is 1. The molecule has 0 bridgehead atoms. The SMILES string of the molecule is C[C@@H](Sc1nc2cc(Cl)ccc2c(=O)n1C[C@H]1CCCO1)C(N)=O. The van der Waals surface area contributed by atoms with E-state index in [1.807, 2.05) is 0 Å². The van der Waals surface area contributed by atoms with E-state index in [0.717, 1.165) is 12.8 Å². The molecule has 0 radical (unpaired) electrons. The summed E-state index contributed by atoms with van der Waals surface area (Å²) in [7, 11) is 0. The zero-order chi connectivity index (χ0) is 17.3. The van der Waals surface area contributed by atoms with Crippen LogP contribution < -0.4 is 11.3 Å². The number of carbonyl (C=O) groups excluding carboxylic acids is 1. The van der Waals surface area contributed by atoms with Crippen LogP contribution in [0, 0.1) is 0 Å². The normalized spacial score (nSPS) is 18.8. The summed E-state index contributed by atoms with van der Waals surface area (Å²) < 4.78 is 7.22. The minimum atomic E-state index is -0.496. The molecular formula is C16H18ClN3O3S. The third-order valence-corrected chi connectivity index (χ3v) is 5.32. The van der Waals surface area contributed by atoms with Crippen molar-refractivity contribution in [3.8, 4) is 0 Å². The average molecular weight is 368 g/mol. The molecule has 0 unspecified atom stereocenters. The molecule has 128 valence electrons. The number of hydrogen-bond donors (Lipinski definition) is 1. The van der Waals surface area contributed by atoms with Crippen LogP contribution in [-0.4, -0.2) is 33.4 Å². The first-order valence-corrected chi connectivity index (χ1v) is 8.99. The van der Waals surface area contributed by atoms with Gasteiger partial charge in [-0.1, -0.05) is 23.4 Å². The highest BCUT2D eigenvalue weighted by Gasteiger charge is 2.22. The molecule has 8 heteroatoms. The maximum Gasteiger partial charge on any atom is 0.262 e. The molecule has 2 heterocycles. The van der Waals surface area contributed by atoms with Crippen molar-refractivity contribution in [3.63, 3.8) is 0 Å². The van der Waals surface area contributed by atoms with E-state index in [-0.39, 0.29) is 11.7 Å². The van der Waals surface area contributed by atoms with Gasteiger partial charge in [-0.25, -0.2) is 4.98 Å². The Hall–Kier alpha value is -1.57. The molecule has 1 aromatic heterocycles. The van der Waals surface area contributed by atoms with Crippen molar-refractivity contribution in [1.82, 2.24) is 9.55 Å². The molecule has 3 rings (SSSR count). The average Bonchev–Trinajstić information content (AvgIpc) is 3.03. The lowest BCUT2D eigenvalue weighted by molar-refractivity contribution is -0.117. The topological polar surface area (TPSA) is 87.2 Å². The van der Waals surface area contributed by atoms with Gasteiger partial charge in [0.05, 0.1) is 28.8 Å². The van der Waals surface area contributed by atoms with Gasteiger partial charge in [0.25, 0.3) is 5.56 Å². The van der Waals surface area contributed by atoms with E-state index < -0.39 is 11.2 Å². The quantitative estimate of drug-likeness (QED) is 0.646. The van der Waals surface area contributed by atoms with Gasteiger partial charge in [0.1, 0.15) is 0 Å². The minimum absolute atomic E-state index is 0.0162. The van der Waals surface area contributed by atoms with Gasteiger partial charge in [-0.05, 0) is 38.0 Å². The molecule has 2 N–H and O–H groups in total. The van der Waals surface area contributed by atoms with Gasteiger partial charge in [-0.15, -0.1) is 0 Å². The van der Waals surface area contributed by atoms with Gasteiger partial charge >= 0.3 is 0 Å². The molecule has 0 spiro atoms. The number of nitrogens with zero attached hydrogens (tertiary/aromatic N) is 2. The zero-order valence-electron chi connectivity index (χ0n) is 13.2. The van der Waals surface area contributed by atoms with Crippen LogP contribution in [0.1, 0.15) is 19.8 Å². The van der Waals surface area contributed by atoms with Crippen LogP contribution in [0.2, 0.25) is 5.02 Å². The number of ether oxygens (including phenoxy) is 1. The van der Waals surface area contributed by atoms with Crippen molar-refractivity contribution >= 4 is 40.2 Å². The Bertz CT molecular complexity index is 833. The van der Waals surface area contributed by atoms with Crippen LogP contribution in [0.25, 0.3) is 10.9 Å². The van der Waals surface area contributed by atoms with E-state index in [1.54, 1.807) is 29.7 Å². The van der Waals surface area contributed by atoms with Crippen molar-refractivity contribution in [2.45, 2.75) is 42.8 Å². The van der Waals surface area contributed by atoms with Gasteiger partial charge in [0.2, 0.25) is 5.91 Å². The first kappa shape index (κ1) is 17.3. The van der Waals surface area contributed by atoms with Crippen LogP contribution in [0.5, 0.6) is 0 Å². The molecule has 1 amide bonds. The largest absolute Gasteiger partial charge is 0.376 e. The molecule has 2 atom stereocenters. The van der Waals surface area contributed by atoms with E-state index in [0.29, 0.717) is 34.2 Å². The van der Waals surface area contributed by atoms with Gasteiger partial charge in [0, 0.05) is 11.6 Å². The fraction of sp³-hybridized carbons (Fsp3) is 0.438. The molecule has 0 aliphatic carbocycles. The summed E-state index contributed by atoms with van der Waals surface area (Å²) in [6.45, 7) is 2.81. The van der Waals surface area contributed by atoms with Crippen molar-refractivity contribution < 1.29 is 9.53 Å². The maximum atomic E-state index is 12.9. The van der Waals surface area contributed by atoms with Gasteiger partial charge < -0.3 is 10.5 Å². The van der Waals surface area contributed by atoms with E-state index in [2.05, 4.69) is 4.98 Å². The fourth-order valence-corrected chi connectivity index (χ4v) is 3.67. The number of amides is 1. The molecule has 1 aromatic carbocycles. The van der Waals surface area contributed by atoms with Gasteiger partial charge in [0.15, 0.2) is 5.16 Å². The van der Waals surface area contributed by atoms with Crippen LogP contribution >= 0.6 is 23.4 Å². The van der Waals surface area contributed by atoms with Crippen molar-refractivity contribution in [2.75, 3.05) is 6.61 Å². The smallest absolute Gasteiger partial charge is 0.262 e. The molecule has 0 saturated carbocycles. The first-order valence-electron chi connectivity index (χ1n) is 7.73. The zero-order valence-corrected chi connectivity index (χ0v) is 14.8. The summed E-state index contributed by atoms with van der Waals surface area (Å²) in [6.07, 6.45) is 1.87. The Balaban J connectivity index is 2.09. The van der Waals surface area contributed by atoms with Crippen LogP contribution in [0.15, 0.2) is 28.2 Å². The highest BCUT2D eigenvalue weighted by atomic mass is 35.5. The number of carbonyl (C=O) groups is 1. The van der Waals surface area contributed by atoms with Gasteiger partial charge in [-0.2, -0.15) is 0 Å². The number of nitrogens with two attached hydrogens (primary N) is 1. The maximum absolute atomic E-state index is 12.9. The first-order chi connectivity index (χ1) is 11.5. The summed E-state index contributed by atoms with van der Waals surface area (Å²) in [6, 6.07) is 4.99. The Morgan fingerprint density at radius 2 is 2.38 bits per heavy atom. The van der Waals surface area contributed by atoms with E-state index >= 15 is 0 Å². The summed E-state index contributed by atoms with van der Waals surface area (Å²) in [4.78, 5) is 28.8. The lowest BCUT2D eigenvalue weighted by Gasteiger charge is -2.17. The Morgan fingerprint density at radius 1 is 1.58 bits per heavy atom. The number of benzene rings is 1. The summed E-state index contributed by atoms with van der Waals surface area (Å²) in [5.41, 5.74) is 5.70. The molecule has 24 heavy (non-hydrogen) atoms. The summed E-state index contributed by atoms with van der Waals surface area (Å²) in [5.74, 6) is -0.455. The van der Waals surface area contributed by atoms with E-state index in [9.17, 15) is 9.59 Å². The van der Waals surface area contributed by atoms with Crippen LogP contribution in [0.4, 0.5) is 0 Å². The summed E-state index contributed by atoms with van der Waals surface area (Å²) >= 11 is 7.18. The number of rotatable bonds is 5. The lowest BCUT2D eigenvalue weighted by Crippen LogP contribution is -2.30. The van der Waals surface area contributed by atoms with Crippen molar-refractivity contribution in [1.29, 1.82) is 0 Å². The molecule has 1 saturated heterocycles. The lowest BCUT2D eigenvalue weighted by atomic mass is 10.2. The third kappa shape index (κ3) is 3.58. The second-order valence-electron chi connectivity index (χ2n) is 5.77. The number of aromatic nitrogens is 2. The molecule has 1 aliphatic heterocycles. The summed E-state index contributed by atoms with van der Waals surface area (Å²) in [5, 5.41) is 0.958. The standard InChI is InChI=1S/C16H18ClN3O3S/c1-9(14(18)21)24-16-19-13-7-10(17)4-5-12(13)15(22)20(16)8-11-3-2-6-23-11/h4-5,7,9,11H,2-3,6,8H2,1H3,(H2,18,21)/t9-,11-/m1/s1. The predicted molar refractivity (Wildman–Crippen MR) is 94.5 cm³/mol. The van der Waals surface area contributed by atoms with Crippen molar-refractivity contribution in [3.05, 3.63) is 33.6 Å². The second-order valence-corrected chi connectivity index (χ2v) is 7.51. The second kappa shape index (κ2) is 7.13. The van der Waals surface area contributed by atoms with Gasteiger partial charge in [-0.3, -0.25) is 14.2 Å². The molecule has 1 fully saturated rings. The van der Waals surface area contributed by atoms with Crippen LogP contribution in [0.3, 0.4) is 0 Å². The Morgan fingerprint density at radius 3 is 3.04 bits per heavy atom. The fourth-order valence-electron chi connectivity index (χ4n) is 2.63. The van der Waals surface area contributed by atoms with Crippen LogP contribution in [-0.2, 0) is 16.1 Å². The number of thioether (sulfide) groups is 1. The monoisotopic (exact) mass is 367 g/mol. The molecule has 2 aromatic rings. The van der Waals surface area contributed by atoms with Crippen molar-refractivity contribution in [2.24, 2.45) is 5.73 Å².